The molecule has 3 heteroatoms. The van der Waals surface area contributed by atoms with Gasteiger partial charge in [0.05, 0.1) is 18.3 Å². The molecule has 0 aliphatic rings. The van der Waals surface area contributed by atoms with Crippen LogP contribution >= 0.6 is 0 Å². The lowest BCUT2D eigenvalue weighted by atomic mass is 10.1. The van der Waals surface area contributed by atoms with Crippen LogP contribution in [0.5, 0.6) is 5.75 Å². The fourth-order valence-electron chi connectivity index (χ4n) is 1.52. The molecule has 0 heterocycles. The maximum absolute atomic E-state index is 9.63. The first-order valence-corrected chi connectivity index (χ1v) is 5.93. The molecule has 2 N–H and O–H groups in total. The largest absolute Gasteiger partial charge is 0.493 e. The zero-order valence-electron chi connectivity index (χ0n) is 11.0. The second-order valence-corrected chi connectivity index (χ2v) is 5.13. The average Bonchev–Trinajstić information content (AvgIpc) is 2.15. The molecule has 0 bridgehead atoms. The van der Waals surface area contributed by atoms with Gasteiger partial charge in [-0.15, -0.1) is 0 Å². The van der Waals surface area contributed by atoms with Crippen LogP contribution in [0.3, 0.4) is 0 Å². The number of hydrogen-bond acceptors (Lipinski definition) is 3. The molecular weight excluding hydrogens is 216 g/mol. The Morgan fingerprint density at radius 2 is 2.00 bits per heavy atom. The molecule has 0 spiro atoms. The van der Waals surface area contributed by atoms with Gasteiger partial charge in [0.25, 0.3) is 0 Å². The third kappa shape index (κ3) is 4.75. The van der Waals surface area contributed by atoms with Gasteiger partial charge in [0.15, 0.2) is 0 Å². The molecule has 0 aromatic heterocycles. The highest BCUT2D eigenvalue weighted by atomic mass is 16.5. The van der Waals surface area contributed by atoms with Gasteiger partial charge in [-0.25, -0.2) is 0 Å². The van der Waals surface area contributed by atoms with Crippen molar-refractivity contribution >= 4 is 0 Å². The number of hydrogen-bond donors (Lipinski definition) is 2. The molecular formula is C14H22O3. The van der Waals surface area contributed by atoms with E-state index in [0.29, 0.717) is 18.8 Å². The Morgan fingerprint density at radius 1 is 1.35 bits per heavy atom. The molecule has 1 rings (SSSR count). The quantitative estimate of drug-likeness (QED) is 0.829. The van der Waals surface area contributed by atoms with Crippen LogP contribution in [0.2, 0.25) is 0 Å². The molecule has 17 heavy (non-hydrogen) atoms. The summed E-state index contributed by atoms with van der Waals surface area (Å²) in [5, 5.41) is 19.2. The minimum atomic E-state index is -0.727. The van der Waals surface area contributed by atoms with Crippen molar-refractivity contribution in [3.05, 3.63) is 29.3 Å². The van der Waals surface area contributed by atoms with E-state index in [0.717, 1.165) is 11.1 Å². The second kappa shape index (κ2) is 5.52. The second-order valence-electron chi connectivity index (χ2n) is 5.13. The smallest absolute Gasteiger partial charge is 0.125 e. The molecule has 0 amide bonds. The summed E-state index contributed by atoms with van der Waals surface area (Å²) in [6.45, 7) is 7.64. The number of aliphatic hydroxyl groups excluding tert-OH is 1. The average molecular weight is 238 g/mol. The molecule has 0 fully saturated rings. The summed E-state index contributed by atoms with van der Waals surface area (Å²) in [7, 11) is 0. The Morgan fingerprint density at radius 3 is 2.53 bits per heavy atom. The van der Waals surface area contributed by atoms with Gasteiger partial charge in [0.2, 0.25) is 0 Å². The number of benzene rings is 1. The Hall–Kier alpha value is -1.06. The molecule has 1 aromatic rings. The minimum absolute atomic E-state index is 0.437. The van der Waals surface area contributed by atoms with E-state index in [9.17, 15) is 10.2 Å². The van der Waals surface area contributed by atoms with Crippen LogP contribution in [0.1, 0.15) is 44.4 Å². The SMILES string of the molecule is Cc1ccc([C@@H](C)O)c(OCCC(C)(C)O)c1. The highest BCUT2D eigenvalue weighted by Crippen LogP contribution is 2.26. The van der Waals surface area contributed by atoms with E-state index >= 15 is 0 Å². The zero-order chi connectivity index (χ0) is 13.1. The van der Waals surface area contributed by atoms with Gasteiger partial charge in [-0.3, -0.25) is 0 Å². The van der Waals surface area contributed by atoms with Crippen molar-refractivity contribution in [3.63, 3.8) is 0 Å². The minimum Gasteiger partial charge on any atom is -0.493 e. The summed E-state index contributed by atoms with van der Waals surface area (Å²) in [6, 6.07) is 5.73. The summed E-state index contributed by atoms with van der Waals surface area (Å²) in [5.74, 6) is 0.698. The van der Waals surface area contributed by atoms with E-state index in [1.807, 2.05) is 25.1 Å². The van der Waals surface area contributed by atoms with E-state index in [1.54, 1.807) is 20.8 Å². The predicted molar refractivity (Wildman–Crippen MR) is 68.2 cm³/mol. The van der Waals surface area contributed by atoms with Crippen LogP contribution in [0.15, 0.2) is 18.2 Å². The first-order valence-electron chi connectivity index (χ1n) is 5.93. The molecule has 0 unspecified atom stereocenters. The Bertz CT molecular complexity index is 364. The molecule has 96 valence electrons. The Kier molecular flexibility index (Phi) is 4.54. The summed E-state index contributed by atoms with van der Waals surface area (Å²) >= 11 is 0. The first-order chi connectivity index (χ1) is 7.79. The molecule has 0 aliphatic carbocycles. The molecule has 0 radical (unpaired) electrons. The van der Waals surface area contributed by atoms with Crippen LogP contribution in [-0.2, 0) is 0 Å². The normalized spacial score (nSPS) is 13.5. The van der Waals surface area contributed by atoms with Crippen molar-refractivity contribution in [2.24, 2.45) is 0 Å². The zero-order valence-corrected chi connectivity index (χ0v) is 11.0. The van der Waals surface area contributed by atoms with Gasteiger partial charge in [-0.2, -0.15) is 0 Å². The summed E-state index contributed by atoms with van der Waals surface area (Å²) in [6.07, 6.45) is 0.00735. The van der Waals surface area contributed by atoms with E-state index in [4.69, 9.17) is 4.74 Å². The van der Waals surface area contributed by atoms with Crippen LogP contribution in [0.4, 0.5) is 0 Å². The monoisotopic (exact) mass is 238 g/mol. The van der Waals surface area contributed by atoms with Crippen LogP contribution in [0, 0.1) is 6.92 Å². The van der Waals surface area contributed by atoms with Gasteiger partial charge in [-0.1, -0.05) is 12.1 Å². The molecule has 1 aromatic carbocycles. The van der Waals surface area contributed by atoms with Crippen molar-refractivity contribution < 1.29 is 14.9 Å². The fourth-order valence-corrected chi connectivity index (χ4v) is 1.52. The molecule has 0 aliphatic heterocycles. The van der Waals surface area contributed by atoms with Crippen molar-refractivity contribution in [3.8, 4) is 5.75 Å². The molecule has 0 saturated heterocycles. The lowest BCUT2D eigenvalue weighted by molar-refractivity contribution is 0.0548. The van der Waals surface area contributed by atoms with E-state index in [2.05, 4.69) is 0 Å². The maximum Gasteiger partial charge on any atom is 0.125 e. The van der Waals surface area contributed by atoms with Crippen LogP contribution in [0.25, 0.3) is 0 Å². The fraction of sp³-hybridized carbons (Fsp3) is 0.571. The maximum atomic E-state index is 9.63. The van der Waals surface area contributed by atoms with Gasteiger partial charge in [0.1, 0.15) is 5.75 Å². The van der Waals surface area contributed by atoms with Crippen molar-refractivity contribution in [2.45, 2.75) is 45.8 Å². The first kappa shape index (κ1) is 14.0. The van der Waals surface area contributed by atoms with Crippen LogP contribution < -0.4 is 4.74 Å². The predicted octanol–water partition coefficient (Wildman–Crippen LogP) is 2.59. The Balaban J connectivity index is 2.72. The van der Waals surface area contributed by atoms with E-state index in [-0.39, 0.29) is 0 Å². The third-order valence-corrected chi connectivity index (χ3v) is 2.59. The van der Waals surface area contributed by atoms with Crippen molar-refractivity contribution in [2.75, 3.05) is 6.61 Å². The number of aliphatic hydroxyl groups is 2. The standard InChI is InChI=1S/C14H22O3/c1-10-5-6-12(11(2)15)13(9-10)17-8-7-14(3,4)16/h5-6,9,11,15-16H,7-8H2,1-4H3/t11-/m1/s1. The molecule has 0 saturated carbocycles. The summed E-state index contributed by atoms with van der Waals surface area (Å²) in [5.41, 5.74) is 1.15. The lowest BCUT2D eigenvalue weighted by Crippen LogP contribution is -2.22. The lowest BCUT2D eigenvalue weighted by Gasteiger charge is -2.19. The topological polar surface area (TPSA) is 49.7 Å². The van der Waals surface area contributed by atoms with E-state index in [1.165, 1.54) is 0 Å². The number of rotatable bonds is 5. The van der Waals surface area contributed by atoms with Crippen molar-refractivity contribution in [1.82, 2.24) is 0 Å². The molecule has 3 nitrogen and oxygen atoms in total. The van der Waals surface area contributed by atoms with Gasteiger partial charge < -0.3 is 14.9 Å². The highest BCUT2D eigenvalue weighted by Gasteiger charge is 2.14. The van der Waals surface area contributed by atoms with Gasteiger partial charge in [-0.05, 0) is 39.3 Å². The van der Waals surface area contributed by atoms with Crippen LogP contribution in [-0.4, -0.2) is 22.4 Å². The van der Waals surface area contributed by atoms with Crippen molar-refractivity contribution in [1.29, 1.82) is 0 Å². The highest BCUT2D eigenvalue weighted by molar-refractivity contribution is 5.38. The molecule has 1 atom stereocenters. The summed E-state index contributed by atoms with van der Waals surface area (Å²) < 4.78 is 5.64. The number of ether oxygens (including phenoxy) is 1. The number of aryl methyl sites for hydroxylation is 1. The summed E-state index contributed by atoms with van der Waals surface area (Å²) in [4.78, 5) is 0. The third-order valence-electron chi connectivity index (χ3n) is 2.59. The van der Waals surface area contributed by atoms with Gasteiger partial charge in [0, 0.05) is 12.0 Å². The Labute approximate surface area is 103 Å². The van der Waals surface area contributed by atoms with E-state index < -0.39 is 11.7 Å². The van der Waals surface area contributed by atoms with Gasteiger partial charge >= 0.3 is 0 Å².